The Labute approximate surface area is 78.1 Å². The molecule has 1 aliphatic rings. The Bertz CT molecular complexity index is 243. The maximum absolute atomic E-state index is 10.6. The van der Waals surface area contributed by atoms with Gasteiger partial charge < -0.3 is 10.2 Å². The van der Waals surface area contributed by atoms with Crippen LogP contribution in [0.15, 0.2) is 12.2 Å². The third-order valence-corrected chi connectivity index (χ3v) is 3.23. The maximum Gasteiger partial charge on any atom is 0.332 e. The van der Waals surface area contributed by atoms with E-state index in [1.165, 1.54) is 0 Å². The van der Waals surface area contributed by atoms with E-state index in [9.17, 15) is 9.90 Å². The number of aliphatic hydroxyl groups is 1. The number of allylic oxidation sites excluding steroid dienone is 1. The lowest BCUT2D eigenvalue weighted by atomic mass is 9.76. The van der Waals surface area contributed by atoms with Gasteiger partial charge >= 0.3 is 5.97 Å². The van der Waals surface area contributed by atoms with Gasteiger partial charge in [-0.3, -0.25) is 0 Å². The standard InChI is InChI=1S/C10H16O3/c1-6-4-5-7(10(6,2)3)8(11)9(12)13/h7-8,11H,1,4-5H2,2-3H3,(H,12,13)/t7-,8+/m0/s1. The molecule has 0 aliphatic heterocycles. The van der Waals surface area contributed by atoms with Crippen molar-refractivity contribution in [1.29, 1.82) is 0 Å². The molecular weight excluding hydrogens is 168 g/mol. The molecule has 0 spiro atoms. The number of carboxylic acid groups (broad SMARTS) is 1. The van der Waals surface area contributed by atoms with E-state index in [-0.39, 0.29) is 11.3 Å². The molecular formula is C10H16O3. The van der Waals surface area contributed by atoms with Crippen molar-refractivity contribution in [3.05, 3.63) is 12.2 Å². The first-order valence-corrected chi connectivity index (χ1v) is 4.46. The smallest absolute Gasteiger partial charge is 0.332 e. The molecule has 0 aromatic carbocycles. The highest BCUT2D eigenvalue weighted by Gasteiger charge is 2.43. The van der Waals surface area contributed by atoms with Crippen LogP contribution in [0.3, 0.4) is 0 Å². The van der Waals surface area contributed by atoms with Gasteiger partial charge in [0.15, 0.2) is 6.10 Å². The Kier molecular flexibility index (Phi) is 2.48. The van der Waals surface area contributed by atoms with Crippen molar-refractivity contribution >= 4 is 5.97 Å². The van der Waals surface area contributed by atoms with E-state index in [0.29, 0.717) is 0 Å². The largest absolute Gasteiger partial charge is 0.479 e. The molecule has 0 saturated heterocycles. The monoisotopic (exact) mass is 184 g/mol. The lowest BCUT2D eigenvalue weighted by Gasteiger charge is -2.29. The summed E-state index contributed by atoms with van der Waals surface area (Å²) < 4.78 is 0. The SMILES string of the molecule is C=C1CC[C@@H]([C@@H](O)C(=O)O)C1(C)C. The van der Waals surface area contributed by atoms with Crippen LogP contribution in [0.4, 0.5) is 0 Å². The third-order valence-electron chi connectivity index (χ3n) is 3.23. The minimum atomic E-state index is -1.26. The zero-order valence-corrected chi connectivity index (χ0v) is 8.08. The lowest BCUT2D eigenvalue weighted by molar-refractivity contribution is -0.151. The van der Waals surface area contributed by atoms with Gasteiger partial charge in [0.25, 0.3) is 0 Å². The van der Waals surface area contributed by atoms with Crippen molar-refractivity contribution < 1.29 is 15.0 Å². The second kappa shape index (κ2) is 3.14. The summed E-state index contributed by atoms with van der Waals surface area (Å²) in [4.78, 5) is 10.6. The summed E-state index contributed by atoms with van der Waals surface area (Å²) in [5.74, 6) is -1.33. The summed E-state index contributed by atoms with van der Waals surface area (Å²) in [6.07, 6.45) is 0.288. The van der Waals surface area contributed by atoms with Crippen molar-refractivity contribution in [2.24, 2.45) is 11.3 Å². The molecule has 13 heavy (non-hydrogen) atoms. The van der Waals surface area contributed by atoms with Crippen LogP contribution < -0.4 is 0 Å². The highest BCUT2D eigenvalue weighted by atomic mass is 16.4. The first-order chi connectivity index (χ1) is 5.87. The molecule has 1 rings (SSSR count). The van der Waals surface area contributed by atoms with E-state index in [2.05, 4.69) is 6.58 Å². The van der Waals surface area contributed by atoms with Gasteiger partial charge in [0, 0.05) is 5.92 Å². The molecule has 3 heteroatoms. The summed E-state index contributed by atoms with van der Waals surface area (Å²) >= 11 is 0. The Morgan fingerprint density at radius 2 is 2.23 bits per heavy atom. The molecule has 0 aromatic rings. The average molecular weight is 184 g/mol. The van der Waals surface area contributed by atoms with Crippen molar-refractivity contribution in [3.8, 4) is 0 Å². The van der Waals surface area contributed by atoms with E-state index in [1.807, 2.05) is 13.8 Å². The van der Waals surface area contributed by atoms with Crippen LogP contribution in [0.1, 0.15) is 26.7 Å². The number of hydrogen-bond donors (Lipinski definition) is 2. The molecule has 1 aliphatic carbocycles. The van der Waals surface area contributed by atoms with E-state index >= 15 is 0 Å². The van der Waals surface area contributed by atoms with Gasteiger partial charge in [-0.15, -0.1) is 0 Å². The van der Waals surface area contributed by atoms with Crippen LogP contribution in [0, 0.1) is 11.3 Å². The summed E-state index contributed by atoms with van der Waals surface area (Å²) in [5, 5.41) is 18.1. The van der Waals surface area contributed by atoms with Gasteiger partial charge in [0.2, 0.25) is 0 Å². The van der Waals surface area contributed by atoms with Gasteiger partial charge in [-0.25, -0.2) is 4.79 Å². The van der Waals surface area contributed by atoms with Crippen LogP contribution >= 0.6 is 0 Å². The normalized spacial score (nSPS) is 28.8. The van der Waals surface area contributed by atoms with Crippen molar-refractivity contribution in [3.63, 3.8) is 0 Å². The molecule has 0 radical (unpaired) electrons. The van der Waals surface area contributed by atoms with Gasteiger partial charge in [-0.05, 0) is 18.3 Å². The zero-order valence-electron chi connectivity index (χ0n) is 8.08. The highest BCUT2D eigenvalue weighted by Crippen LogP contribution is 2.47. The van der Waals surface area contributed by atoms with E-state index in [0.717, 1.165) is 18.4 Å². The van der Waals surface area contributed by atoms with Gasteiger partial charge in [-0.2, -0.15) is 0 Å². The quantitative estimate of drug-likeness (QED) is 0.638. The van der Waals surface area contributed by atoms with Crippen LogP contribution in [-0.4, -0.2) is 22.3 Å². The number of carbonyl (C=O) groups is 1. The molecule has 0 bridgehead atoms. The zero-order chi connectivity index (χ0) is 10.2. The molecule has 74 valence electrons. The van der Waals surface area contributed by atoms with Gasteiger partial charge in [0.1, 0.15) is 0 Å². The maximum atomic E-state index is 10.6. The molecule has 0 heterocycles. The number of rotatable bonds is 2. The van der Waals surface area contributed by atoms with Crippen molar-refractivity contribution in [2.75, 3.05) is 0 Å². The molecule has 1 saturated carbocycles. The van der Waals surface area contributed by atoms with Crippen molar-refractivity contribution in [2.45, 2.75) is 32.8 Å². The Morgan fingerprint density at radius 1 is 1.69 bits per heavy atom. The lowest BCUT2D eigenvalue weighted by Crippen LogP contribution is -2.36. The van der Waals surface area contributed by atoms with E-state index < -0.39 is 12.1 Å². The first kappa shape index (κ1) is 10.3. The number of hydrogen-bond acceptors (Lipinski definition) is 2. The highest BCUT2D eigenvalue weighted by molar-refractivity contribution is 5.72. The van der Waals surface area contributed by atoms with E-state index in [4.69, 9.17) is 5.11 Å². The average Bonchev–Trinajstić information content (AvgIpc) is 2.26. The molecule has 0 unspecified atom stereocenters. The van der Waals surface area contributed by atoms with Crippen molar-refractivity contribution in [1.82, 2.24) is 0 Å². The Hall–Kier alpha value is -0.830. The molecule has 2 N–H and O–H groups in total. The van der Waals surface area contributed by atoms with Gasteiger partial charge in [-0.1, -0.05) is 26.0 Å². The minimum Gasteiger partial charge on any atom is -0.479 e. The van der Waals surface area contributed by atoms with Crippen LogP contribution in [-0.2, 0) is 4.79 Å². The summed E-state index contributed by atoms with van der Waals surface area (Å²) in [6.45, 7) is 7.78. The predicted molar refractivity (Wildman–Crippen MR) is 49.3 cm³/mol. The second-order valence-corrected chi connectivity index (χ2v) is 4.25. The third kappa shape index (κ3) is 1.61. The number of aliphatic carboxylic acids is 1. The van der Waals surface area contributed by atoms with Gasteiger partial charge in [0.05, 0.1) is 0 Å². The van der Waals surface area contributed by atoms with E-state index in [1.54, 1.807) is 0 Å². The molecule has 0 amide bonds. The molecule has 3 nitrogen and oxygen atoms in total. The van der Waals surface area contributed by atoms with Crippen LogP contribution in [0.5, 0.6) is 0 Å². The topological polar surface area (TPSA) is 57.5 Å². The Morgan fingerprint density at radius 3 is 2.54 bits per heavy atom. The predicted octanol–water partition coefficient (Wildman–Crippen LogP) is 1.42. The number of carboxylic acids is 1. The fraction of sp³-hybridized carbons (Fsp3) is 0.700. The molecule has 1 fully saturated rings. The first-order valence-electron chi connectivity index (χ1n) is 4.46. The minimum absolute atomic E-state index is 0.197. The molecule has 0 aromatic heterocycles. The molecule has 2 atom stereocenters. The van der Waals surface area contributed by atoms with Crippen LogP contribution in [0.25, 0.3) is 0 Å². The Balaban J connectivity index is 2.83. The fourth-order valence-electron chi connectivity index (χ4n) is 2.00. The summed E-state index contributed by atoms with van der Waals surface area (Å²) in [5.41, 5.74) is 0.787. The second-order valence-electron chi connectivity index (χ2n) is 4.25. The fourth-order valence-corrected chi connectivity index (χ4v) is 2.00. The summed E-state index contributed by atoms with van der Waals surface area (Å²) in [6, 6.07) is 0. The number of aliphatic hydroxyl groups excluding tert-OH is 1. The van der Waals surface area contributed by atoms with Crippen LogP contribution in [0.2, 0.25) is 0 Å². The summed E-state index contributed by atoms with van der Waals surface area (Å²) in [7, 11) is 0.